The number of hydrogen-bond donors (Lipinski definition) is 1. The van der Waals surface area contributed by atoms with Gasteiger partial charge in [0.2, 0.25) is 5.91 Å². The van der Waals surface area contributed by atoms with Crippen LogP contribution in [0.25, 0.3) is 0 Å². The van der Waals surface area contributed by atoms with Gasteiger partial charge in [0, 0.05) is 18.0 Å². The molecule has 2 amide bonds. The third kappa shape index (κ3) is 4.50. The Labute approximate surface area is 180 Å². The van der Waals surface area contributed by atoms with Crippen molar-refractivity contribution in [3.63, 3.8) is 0 Å². The number of fused-ring (bicyclic) bond motifs is 1. The minimum atomic E-state index is -3.52. The molecule has 1 unspecified atom stereocenters. The van der Waals surface area contributed by atoms with Crippen molar-refractivity contribution in [1.82, 2.24) is 9.62 Å². The van der Waals surface area contributed by atoms with Crippen molar-refractivity contribution in [1.29, 1.82) is 0 Å². The number of carbonyl (C=O) groups excluding carboxylic acids is 2. The molecule has 0 fully saturated rings. The van der Waals surface area contributed by atoms with E-state index < -0.39 is 16.1 Å². The topological polar surface area (TPSA) is 96.0 Å². The van der Waals surface area contributed by atoms with E-state index in [1.165, 1.54) is 9.21 Å². The van der Waals surface area contributed by atoms with Crippen molar-refractivity contribution in [3.05, 3.63) is 41.3 Å². The van der Waals surface area contributed by atoms with E-state index in [0.717, 1.165) is 16.2 Å². The summed E-state index contributed by atoms with van der Waals surface area (Å²) in [5.41, 5.74) is 0.555. The number of thiophene rings is 1. The molecule has 3 rings (SSSR count). The monoisotopic (exact) mass is 451 g/mol. The van der Waals surface area contributed by atoms with Crippen LogP contribution in [0.5, 0.6) is 5.75 Å². The average molecular weight is 452 g/mol. The molecule has 1 aliphatic rings. The third-order valence-electron chi connectivity index (χ3n) is 4.77. The zero-order chi connectivity index (χ0) is 21.9. The number of anilines is 1. The van der Waals surface area contributed by atoms with Crippen molar-refractivity contribution in [2.24, 2.45) is 0 Å². The first-order valence-electron chi connectivity index (χ1n) is 9.70. The van der Waals surface area contributed by atoms with E-state index in [0.29, 0.717) is 24.5 Å². The highest BCUT2D eigenvalue weighted by molar-refractivity contribution is 7.91. The van der Waals surface area contributed by atoms with Crippen LogP contribution in [0.3, 0.4) is 0 Å². The Balaban J connectivity index is 1.65. The van der Waals surface area contributed by atoms with Gasteiger partial charge in [0.15, 0.2) is 6.10 Å². The summed E-state index contributed by atoms with van der Waals surface area (Å²) in [5.74, 6) is -0.0664. The van der Waals surface area contributed by atoms with Crippen LogP contribution in [0.4, 0.5) is 5.69 Å². The van der Waals surface area contributed by atoms with Crippen LogP contribution in [-0.4, -0.2) is 50.3 Å². The molecule has 30 heavy (non-hydrogen) atoms. The largest absolute Gasteiger partial charge is 0.479 e. The molecular weight excluding hydrogens is 426 g/mol. The average Bonchev–Trinajstić information content (AvgIpc) is 3.20. The van der Waals surface area contributed by atoms with Gasteiger partial charge in [0.05, 0.1) is 12.2 Å². The number of sulfonamides is 1. The van der Waals surface area contributed by atoms with Crippen LogP contribution in [0, 0.1) is 0 Å². The molecule has 1 N–H and O–H groups in total. The summed E-state index contributed by atoms with van der Waals surface area (Å²) in [7, 11) is -3.52. The van der Waals surface area contributed by atoms with Gasteiger partial charge in [-0.1, -0.05) is 26.0 Å². The molecule has 0 aliphatic carbocycles. The van der Waals surface area contributed by atoms with E-state index in [1.54, 1.807) is 57.2 Å². The smallest absolute Gasteiger partial charge is 0.268 e. The van der Waals surface area contributed by atoms with E-state index in [1.807, 2.05) is 0 Å². The van der Waals surface area contributed by atoms with E-state index in [2.05, 4.69) is 5.32 Å². The number of benzene rings is 1. The molecule has 0 radical (unpaired) electrons. The summed E-state index contributed by atoms with van der Waals surface area (Å²) in [6.07, 6.45) is -0.669. The molecule has 8 nitrogen and oxygen atoms in total. The lowest BCUT2D eigenvalue weighted by Gasteiger charge is -2.32. The first kappa shape index (κ1) is 22.3. The second kappa shape index (κ2) is 9.15. The molecule has 0 saturated heterocycles. The van der Waals surface area contributed by atoms with Gasteiger partial charge in [0.25, 0.3) is 15.9 Å². The molecule has 10 heteroatoms. The number of ether oxygens (including phenoxy) is 1. The Kier molecular flexibility index (Phi) is 6.79. The normalized spacial score (nSPS) is 16.3. The van der Waals surface area contributed by atoms with Crippen LogP contribution in [0.15, 0.2) is 40.6 Å². The van der Waals surface area contributed by atoms with Crippen LogP contribution < -0.4 is 15.0 Å². The predicted octanol–water partition coefficient (Wildman–Crippen LogP) is 2.21. The Morgan fingerprint density at radius 2 is 1.90 bits per heavy atom. The van der Waals surface area contributed by atoms with E-state index in [-0.39, 0.29) is 29.1 Å². The first-order chi connectivity index (χ1) is 14.3. The zero-order valence-electron chi connectivity index (χ0n) is 17.1. The molecule has 2 aromatic rings. The SMILES string of the molecule is CCN(CC)S(=O)(=O)c1ccc(CNC(=O)CN2C(=O)C(C)Oc3ccccc32)s1. The summed E-state index contributed by atoms with van der Waals surface area (Å²) in [4.78, 5) is 27.1. The van der Waals surface area contributed by atoms with E-state index >= 15 is 0 Å². The van der Waals surface area contributed by atoms with Crippen LogP contribution in [0.1, 0.15) is 25.6 Å². The van der Waals surface area contributed by atoms with Gasteiger partial charge in [0.1, 0.15) is 16.5 Å². The standard InChI is InChI=1S/C20H25N3O5S2/c1-4-22(5-2)30(26,27)19-11-10-15(29-19)12-21-18(24)13-23-16-8-6-7-9-17(16)28-14(3)20(23)25/h6-11,14H,4-5,12-13H2,1-3H3,(H,21,24). The van der Waals surface area contributed by atoms with Crippen LogP contribution in [-0.2, 0) is 26.2 Å². The van der Waals surface area contributed by atoms with Crippen LogP contribution in [0.2, 0.25) is 0 Å². The molecule has 162 valence electrons. The molecule has 2 heterocycles. The molecule has 0 spiro atoms. The van der Waals surface area contributed by atoms with Gasteiger partial charge in [-0.05, 0) is 31.2 Å². The highest BCUT2D eigenvalue weighted by atomic mass is 32.2. The summed E-state index contributed by atoms with van der Waals surface area (Å²) in [5, 5.41) is 2.76. The fourth-order valence-corrected chi connectivity index (χ4v) is 6.10. The number of rotatable bonds is 8. The maximum absolute atomic E-state index is 12.6. The van der Waals surface area contributed by atoms with Gasteiger partial charge in [-0.2, -0.15) is 4.31 Å². The number of carbonyl (C=O) groups is 2. The lowest BCUT2D eigenvalue weighted by molar-refractivity contribution is -0.128. The number of para-hydroxylation sites is 2. The van der Waals surface area contributed by atoms with Gasteiger partial charge in [-0.25, -0.2) is 8.42 Å². The minimum Gasteiger partial charge on any atom is -0.479 e. The van der Waals surface area contributed by atoms with Gasteiger partial charge in [-0.15, -0.1) is 11.3 Å². The summed E-state index contributed by atoms with van der Waals surface area (Å²) < 4.78 is 32.4. The van der Waals surface area contributed by atoms with Gasteiger partial charge < -0.3 is 10.1 Å². The maximum Gasteiger partial charge on any atom is 0.268 e. The second-order valence-electron chi connectivity index (χ2n) is 6.74. The Morgan fingerprint density at radius 3 is 2.60 bits per heavy atom. The molecule has 1 aromatic carbocycles. The lowest BCUT2D eigenvalue weighted by atomic mass is 10.2. The van der Waals surface area contributed by atoms with E-state index in [4.69, 9.17) is 4.74 Å². The second-order valence-corrected chi connectivity index (χ2v) is 10.1. The molecule has 1 aliphatic heterocycles. The lowest BCUT2D eigenvalue weighted by Crippen LogP contribution is -2.48. The first-order valence-corrected chi connectivity index (χ1v) is 12.0. The molecule has 1 aromatic heterocycles. The number of hydrogen-bond acceptors (Lipinski definition) is 6. The highest BCUT2D eigenvalue weighted by Gasteiger charge is 2.32. The molecule has 0 bridgehead atoms. The Morgan fingerprint density at radius 1 is 1.20 bits per heavy atom. The maximum atomic E-state index is 12.6. The fourth-order valence-electron chi connectivity index (χ4n) is 3.19. The summed E-state index contributed by atoms with van der Waals surface area (Å²) in [6, 6.07) is 10.3. The number of nitrogens with zero attached hydrogens (tertiary/aromatic N) is 2. The minimum absolute atomic E-state index is 0.139. The van der Waals surface area contributed by atoms with Gasteiger partial charge >= 0.3 is 0 Å². The third-order valence-corrected chi connectivity index (χ3v) is 8.37. The Bertz CT molecular complexity index is 1030. The predicted molar refractivity (Wildman–Crippen MR) is 115 cm³/mol. The zero-order valence-corrected chi connectivity index (χ0v) is 18.8. The van der Waals surface area contributed by atoms with Crippen molar-refractivity contribution in [2.75, 3.05) is 24.5 Å². The van der Waals surface area contributed by atoms with Crippen molar-refractivity contribution in [3.8, 4) is 5.75 Å². The summed E-state index contributed by atoms with van der Waals surface area (Å²) >= 11 is 1.13. The van der Waals surface area contributed by atoms with Crippen molar-refractivity contribution < 1.29 is 22.7 Å². The fraction of sp³-hybridized carbons (Fsp3) is 0.400. The number of amides is 2. The molecule has 1 atom stereocenters. The quantitative estimate of drug-likeness (QED) is 0.664. The van der Waals surface area contributed by atoms with Crippen molar-refractivity contribution >= 4 is 38.9 Å². The summed E-state index contributed by atoms with van der Waals surface area (Å²) in [6.45, 7) is 6.08. The Hall–Kier alpha value is -2.43. The highest BCUT2D eigenvalue weighted by Crippen LogP contribution is 2.33. The van der Waals surface area contributed by atoms with Crippen LogP contribution >= 0.6 is 11.3 Å². The molecular formula is C20H25N3O5S2. The number of nitrogens with one attached hydrogen (secondary N) is 1. The van der Waals surface area contributed by atoms with Gasteiger partial charge in [-0.3, -0.25) is 14.5 Å². The molecule has 0 saturated carbocycles. The van der Waals surface area contributed by atoms with E-state index in [9.17, 15) is 18.0 Å². The van der Waals surface area contributed by atoms with Crippen molar-refractivity contribution in [2.45, 2.75) is 37.6 Å².